The zero-order valence-electron chi connectivity index (χ0n) is 11.2. The molecule has 1 saturated heterocycles. The highest BCUT2D eigenvalue weighted by Crippen LogP contribution is 2.22. The van der Waals surface area contributed by atoms with Gasteiger partial charge in [-0.1, -0.05) is 6.07 Å². The van der Waals surface area contributed by atoms with Gasteiger partial charge in [-0.3, -0.25) is 4.79 Å². The van der Waals surface area contributed by atoms with Crippen LogP contribution < -0.4 is 10.1 Å². The standard InChI is InChI=1S/C14H17NO5/c1-9-5-10(7-19-9)14(18)15-11-3-2-4-12(6-11)20-8-13(16)17/h2-4,6,9-10H,5,7-8H2,1H3,(H,15,18)(H,16,17). The van der Waals surface area contributed by atoms with Gasteiger partial charge in [0, 0.05) is 11.8 Å². The first-order chi connectivity index (χ1) is 9.54. The summed E-state index contributed by atoms with van der Waals surface area (Å²) in [7, 11) is 0. The summed E-state index contributed by atoms with van der Waals surface area (Å²) in [6.45, 7) is 1.96. The van der Waals surface area contributed by atoms with Crippen LogP contribution in [-0.2, 0) is 14.3 Å². The molecule has 0 aliphatic carbocycles. The number of hydrogen-bond donors (Lipinski definition) is 2. The molecule has 2 unspecified atom stereocenters. The Morgan fingerprint density at radius 3 is 2.95 bits per heavy atom. The molecule has 2 atom stereocenters. The number of ether oxygens (including phenoxy) is 2. The quantitative estimate of drug-likeness (QED) is 0.853. The Morgan fingerprint density at radius 1 is 1.50 bits per heavy atom. The molecule has 1 aromatic carbocycles. The summed E-state index contributed by atoms with van der Waals surface area (Å²) in [6.07, 6.45) is 0.817. The van der Waals surface area contributed by atoms with E-state index in [4.69, 9.17) is 14.6 Å². The molecule has 0 bridgehead atoms. The summed E-state index contributed by atoms with van der Waals surface area (Å²) in [5, 5.41) is 11.3. The maximum atomic E-state index is 12.0. The SMILES string of the molecule is CC1CC(C(=O)Nc2cccc(OCC(=O)O)c2)CO1. The van der Waals surface area contributed by atoms with Gasteiger partial charge in [0.15, 0.2) is 6.61 Å². The van der Waals surface area contributed by atoms with Gasteiger partial charge in [0.1, 0.15) is 5.75 Å². The number of carboxylic acids is 1. The molecule has 2 rings (SSSR count). The van der Waals surface area contributed by atoms with Crippen LogP contribution in [0.15, 0.2) is 24.3 Å². The van der Waals surface area contributed by atoms with Crippen LogP contribution in [0.2, 0.25) is 0 Å². The first-order valence-electron chi connectivity index (χ1n) is 6.41. The Balaban J connectivity index is 1.93. The van der Waals surface area contributed by atoms with Gasteiger partial charge in [0.05, 0.1) is 18.6 Å². The van der Waals surface area contributed by atoms with Crippen molar-refractivity contribution in [2.75, 3.05) is 18.5 Å². The number of hydrogen-bond acceptors (Lipinski definition) is 4. The summed E-state index contributed by atoms with van der Waals surface area (Å²) >= 11 is 0. The molecular weight excluding hydrogens is 262 g/mol. The van der Waals surface area contributed by atoms with Crippen molar-refractivity contribution in [1.29, 1.82) is 0 Å². The summed E-state index contributed by atoms with van der Waals surface area (Å²) in [5.41, 5.74) is 0.581. The van der Waals surface area contributed by atoms with Gasteiger partial charge >= 0.3 is 5.97 Å². The molecule has 20 heavy (non-hydrogen) atoms. The van der Waals surface area contributed by atoms with E-state index in [1.54, 1.807) is 24.3 Å². The Bertz CT molecular complexity index is 502. The third-order valence-electron chi connectivity index (χ3n) is 3.03. The third kappa shape index (κ3) is 3.96. The van der Waals surface area contributed by atoms with Crippen LogP contribution >= 0.6 is 0 Å². The number of benzene rings is 1. The normalized spacial score (nSPS) is 21.4. The highest BCUT2D eigenvalue weighted by atomic mass is 16.5. The van der Waals surface area contributed by atoms with Gasteiger partial charge < -0.3 is 19.9 Å². The van der Waals surface area contributed by atoms with E-state index in [2.05, 4.69) is 5.32 Å². The number of anilines is 1. The highest BCUT2D eigenvalue weighted by Gasteiger charge is 2.28. The van der Waals surface area contributed by atoms with Gasteiger partial charge in [0.25, 0.3) is 0 Å². The molecule has 2 N–H and O–H groups in total. The Hall–Kier alpha value is -2.08. The van der Waals surface area contributed by atoms with Gasteiger partial charge in [-0.2, -0.15) is 0 Å². The first-order valence-corrected chi connectivity index (χ1v) is 6.41. The van der Waals surface area contributed by atoms with Crippen LogP contribution in [0.5, 0.6) is 5.75 Å². The van der Waals surface area contributed by atoms with Crippen LogP contribution in [0.3, 0.4) is 0 Å². The van der Waals surface area contributed by atoms with Crippen LogP contribution in [0, 0.1) is 5.92 Å². The van der Waals surface area contributed by atoms with E-state index in [1.807, 2.05) is 6.92 Å². The van der Waals surface area contributed by atoms with Gasteiger partial charge in [-0.15, -0.1) is 0 Å². The maximum Gasteiger partial charge on any atom is 0.341 e. The van der Waals surface area contributed by atoms with Crippen molar-refractivity contribution in [3.05, 3.63) is 24.3 Å². The van der Waals surface area contributed by atoms with Gasteiger partial charge in [-0.25, -0.2) is 4.79 Å². The molecule has 1 aliphatic rings. The second kappa shape index (κ2) is 6.38. The molecule has 108 valence electrons. The monoisotopic (exact) mass is 279 g/mol. The Labute approximate surface area is 116 Å². The van der Waals surface area contributed by atoms with Crippen molar-refractivity contribution in [3.63, 3.8) is 0 Å². The lowest BCUT2D eigenvalue weighted by atomic mass is 10.1. The summed E-state index contributed by atoms with van der Waals surface area (Å²) in [6, 6.07) is 6.66. The van der Waals surface area contributed by atoms with Crippen LogP contribution in [0.25, 0.3) is 0 Å². The summed E-state index contributed by atoms with van der Waals surface area (Å²) < 4.78 is 10.4. The summed E-state index contributed by atoms with van der Waals surface area (Å²) in [5.74, 6) is -0.879. The molecule has 0 spiro atoms. The predicted octanol–water partition coefficient (Wildman–Crippen LogP) is 1.51. The molecule has 1 fully saturated rings. The van der Waals surface area contributed by atoms with Crippen molar-refractivity contribution in [3.8, 4) is 5.75 Å². The second-order valence-corrected chi connectivity index (χ2v) is 4.78. The molecule has 1 amide bonds. The highest BCUT2D eigenvalue weighted by molar-refractivity contribution is 5.93. The van der Waals surface area contributed by atoms with Crippen molar-refractivity contribution in [2.45, 2.75) is 19.4 Å². The number of carboxylic acid groups (broad SMARTS) is 1. The lowest BCUT2D eigenvalue weighted by Gasteiger charge is -2.10. The average Bonchev–Trinajstić information content (AvgIpc) is 2.84. The lowest BCUT2D eigenvalue weighted by molar-refractivity contribution is -0.139. The minimum Gasteiger partial charge on any atom is -0.482 e. The van der Waals surface area contributed by atoms with E-state index in [0.717, 1.165) is 0 Å². The molecule has 6 heteroatoms. The minimum absolute atomic E-state index is 0.0928. The second-order valence-electron chi connectivity index (χ2n) is 4.78. The van der Waals surface area contributed by atoms with Crippen LogP contribution in [-0.4, -0.2) is 36.3 Å². The van der Waals surface area contributed by atoms with Crippen molar-refractivity contribution in [1.82, 2.24) is 0 Å². The zero-order chi connectivity index (χ0) is 14.5. The number of carbonyl (C=O) groups is 2. The van der Waals surface area contributed by atoms with E-state index in [-0.39, 0.29) is 17.9 Å². The fraction of sp³-hybridized carbons (Fsp3) is 0.429. The lowest BCUT2D eigenvalue weighted by Crippen LogP contribution is -2.23. The molecule has 0 radical (unpaired) electrons. The molecule has 1 aromatic rings. The fourth-order valence-corrected chi connectivity index (χ4v) is 2.05. The third-order valence-corrected chi connectivity index (χ3v) is 3.03. The Morgan fingerprint density at radius 2 is 2.30 bits per heavy atom. The van der Waals surface area contributed by atoms with E-state index >= 15 is 0 Å². The number of rotatable bonds is 5. The largest absolute Gasteiger partial charge is 0.482 e. The molecule has 1 aliphatic heterocycles. The molecular formula is C14H17NO5. The Kier molecular flexibility index (Phi) is 4.57. The van der Waals surface area contributed by atoms with Gasteiger partial charge in [-0.05, 0) is 25.5 Å². The molecule has 0 saturated carbocycles. The predicted molar refractivity (Wildman–Crippen MR) is 71.7 cm³/mol. The van der Waals surface area contributed by atoms with Crippen LogP contribution in [0.1, 0.15) is 13.3 Å². The topological polar surface area (TPSA) is 84.9 Å². The van der Waals surface area contributed by atoms with Crippen molar-refractivity contribution in [2.24, 2.45) is 5.92 Å². The van der Waals surface area contributed by atoms with E-state index in [1.165, 1.54) is 0 Å². The smallest absolute Gasteiger partial charge is 0.341 e. The average molecular weight is 279 g/mol. The number of nitrogens with one attached hydrogen (secondary N) is 1. The zero-order valence-corrected chi connectivity index (χ0v) is 11.2. The van der Waals surface area contributed by atoms with Crippen LogP contribution in [0.4, 0.5) is 5.69 Å². The minimum atomic E-state index is -1.04. The van der Waals surface area contributed by atoms with E-state index in [0.29, 0.717) is 24.5 Å². The van der Waals surface area contributed by atoms with Gasteiger partial charge in [0.2, 0.25) is 5.91 Å². The fourth-order valence-electron chi connectivity index (χ4n) is 2.05. The summed E-state index contributed by atoms with van der Waals surface area (Å²) in [4.78, 5) is 22.4. The maximum absolute atomic E-state index is 12.0. The number of aliphatic carboxylic acids is 1. The molecule has 0 aromatic heterocycles. The first kappa shape index (κ1) is 14.3. The van der Waals surface area contributed by atoms with Crippen molar-refractivity contribution < 1.29 is 24.2 Å². The van der Waals surface area contributed by atoms with E-state index < -0.39 is 12.6 Å². The molecule has 1 heterocycles. The molecule has 6 nitrogen and oxygen atoms in total. The number of carbonyl (C=O) groups excluding carboxylic acids is 1. The van der Waals surface area contributed by atoms with Crippen molar-refractivity contribution >= 4 is 17.6 Å². The van der Waals surface area contributed by atoms with E-state index in [9.17, 15) is 9.59 Å². The number of amides is 1.